The van der Waals surface area contributed by atoms with Crippen molar-refractivity contribution in [3.05, 3.63) is 30.1 Å². The molecule has 0 radical (unpaired) electrons. The van der Waals surface area contributed by atoms with Crippen LogP contribution in [-0.2, 0) is 6.54 Å². The van der Waals surface area contributed by atoms with Crippen molar-refractivity contribution in [1.29, 1.82) is 0 Å². The van der Waals surface area contributed by atoms with E-state index in [1.54, 1.807) is 11.7 Å². The summed E-state index contributed by atoms with van der Waals surface area (Å²) >= 11 is 0. The van der Waals surface area contributed by atoms with E-state index in [1.165, 1.54) is 0 Å². The molecule has 5 nitrogen and oxygen atoms in total. The number of hydrogen-bond donors (Lipinski definition) is 1. The van der Waals surface area contributed by atoms with Crippen LogP contribution in [0.2, 0.25) is 0 Å². The fourth-order valence-corrected chi connectivity index (χ4v) is 2.38. The quantitative estimate of drug-likeness (QED) is 0.894. The van der Waals surface area contributed by atoms with Crippen LogP contribution in [0.3, 0.4) is 0 Å². The second-order valence-electron chi connectivity index (χ2n) is 4.66. The molecule has 0 amide bonds. The molecule has 2 unspecified atom stereocenters. The molecular weight excluding hydrogens is 247 g/mol. The molecule has 100 valence electrons. The Labute approximate surface area is 110 Å². The Morgan fingerprint density at radius 3 is 2.74 bits per heavy atom. The second kappa shape index (κ2) is 4.62. The molecule has 2 N–H and O–H groups in total. The molecule has 0 aliphatic carbocycles. The zero-order chi connectivity index (χ0) is 13.4. The van der Waals surface area contributed by atoms with Crippen molar-refractivity contribution in [3.63, 3.8) is 0 Å². The summed E-state index contributed by atoms with van der Waals surface area (Å²) in [6, 6.07) is 7.05. The topological polar surface area (TPSA) is 66.0 Å². The third-order valence-electron chi connectivity index (χ3n) is 3.35. The molecule has 1 aliphatic rings. The van der Waals surface area contributed by atoms with Crippen LogP contribution in [0.4, 0.5) is 4.39 Å². The number of methoxy groups -OCH3 is 1. The molecule has 1 aromatic heterocycles. The smallest absolute Gasteiger partial charge is 0.164 e. The normalized spacial score (nSPS) is 22.1. The number of aromatic nitrogens is 3. The summed E-state index contributed by atoms with van der Waals surface area (Å²) in [5, 5.41) is 8.22. The molecule has 1 aliphatic heterocycles. The van der Waals surface area contributed by atoms with Crippen LogP contribution >= 0.6 is 0 Å². The van der Waals surface area contributed by atoms with Gasteiger partial charge in [-0.05, 0) is 24.3 Å². The average Bonchev–Trinajstić information content (AvgIpc) is 2.83. The van der Waals surface area contributed by atoms with Crippen LogP contribution < -0.4 is 10.5 Å². The summed E-state index contributed by atoms with van der Waals surface area (Å²) in [4.78, 5) is 0. The van der Waals surface area contributed by atoms with Crippen molar-refractivity contribution >= 4 is 0 Å². The van der Waals surface area contributed by atoms with E-state index in [4.69, 9.17) is 10.5 Å². The van der Waals surface area contributed by atoms with Gasteiger partial charge in [-0.25, -0.2) is 4.39 Å². The van der Waals surface area contributed by atoms with Crippen LogP contribution in [0.25, 0.3) is 11.4 Å². The minimum absolute atomic E-state index is 0.261. The number of nitrogens with two attached hydrogens (primary N) is 1. The first-order valence-corrected chi connectivity index (χ1v) is 6.16. The van der Waals surface area contributed by atoms with Crippen LogP contribution in [0.5, 0.6) is 5.75 Å². The molecule has 1 aromatic carbocycles. The van der Waals surface area contributed by atoms with Gasteiger partial charge in [-0.15, -0.1) is 10.2 Å². The second-order valence-corrected chi connectivity index (χ2v) is 4.66. The Bertz CT molecular complexity index is 581. The van der Waals surface area contributed by atoms with Gasteiger partial charge < -0.3 is 15.0 Å². The maximum Gasteiger partial charge on any atom is 0.164 e. The largest absolute Gasteiger partial charge is 0.497 e. The highest BCUT2D eigenvalue weighted by atomic mass is 19.1. The van der Waals surface area contributed by atoms with Gasteiger partial charge >= 0.3 is 0 Å². The van der Waals surface area contributed by atoms with Crippen molar-refractivity contribution in [1.82, 2.24) is 14.8 Å². The zero-order valence-corrected chi connectivity index (χ0v) is 10.6. The molecule has 0 fully saturated rings. The van der Waals surface area contributed by atoms with E-state index in [0.717, 1.165) is 11.3 Å². The maximum absolute atomic E-state index is 13.6. The number of nitrogens with zero attached hydrogens (tertiary/aromatic N) is 3. The van der Waals surface area contributed by atoms with E-state index in [1.807, 2.05) is 24.3 Å². The number of hydrogen-bond acceptors (Lipinski definition) is 4. The van der Waals surface area contributed by atoms with Gasteiger partial charge in [-0.2, -0.15) is 0 Å². The van der Waals surface area contributed by atoms with Gasteiger partial charge in [0.25, 0.3) is 0 Å². The lowest BCUT2D eigenvalue weighted by Gasteiger charge is -2.23. The first-order chi connectivity index (χ1) is 9.19. The molecule has 6 heteroatoms. The van der Waals surface area contributed by atoms with Crippen LogP contribution in [0.1, 0.15) is 18.3 Å². The fourth-order valence-electron chi connectivity index (χ4n) is 2.38. The summed E-state index contributed by atoms with van der Waals surface area (Å²) in [5.41, 5.74) is 6.77. The predicted octanol–water partition coefficient (Wildman–Crippen LogP) is 1.70. The fraction of sp³-hybridized carbons (Fsp3) is 0.385. The summed E-state index contributed by atoms with van der Waals surface area (Å²) in [6.07, 6.45) is -0.642. The van der Waals surface area contributed by atoms with Crippen molar-refractivity contribution in [2.45, 2.75) is 25.2 Å². The van der Waals surface area contributed by atoms with Gasteiger partial charge in [0, 0.05) is 12.0 Å². The van der Waals surface area contributed by atoms with Gasteiger partial charge in [0.1, 0.15) is 17.7 Å². The van der Waals surface area contributed by atoms with Gasteiger partial charge in [-0.1, -0.05) is 0 Å². The molecule has 3 rings (SSSR count). The molecule has 2 atom stereocenters. The number of benzene rings is 1. The Morgan fingerprint density at radius 1 is 1.32 bits per heavy atom. The summed E-state index contributed by atoms with van der Waals surface area (Å²) in [5.74, 6) is 2.07. The third kappa shape index (κ3) is 2.08. The zero-order valence-electron chi connectivity index (χ0n) is 10.6. The number of ether oxygens (including phenoxy) is 1. The number of rotatable bonds is 2. The average molecular weight is 262 g/mol. The Hall–Kier alpha value is -1.95. The number of halogens is 1. The van der Waals surface area contributed by atoms with Crippen molar-refractivity contribution < 1.29 is 9.13 Å². The highest BCUT2D eigenvalue weighted by Gasteiger charge is 2.28. The summed E-state index contributed by atoms with van der Waals surface area (Å²) in [7, 11) is 1.61. The molecule has 0 saturated heterocycles. The minimum atomic E-state index is -0.949. The van der Waals surface area contributed by atoms with E-state index in [2.05, 4.69) is 10.2 Å². The monoisotopic (exact) mass is 262 g/mol. The third-order valence-corrected chi connectivity index (χ3v) is 3.35. The van der Waals surface area contributed by atoms with E-state index < -0.39 is 6.17 Å². The van der Waals surface area contributed by atoms with E-state index >= 15 is 0 Å². The molecular formula is C13H15FN4O. The number of alkyl halides is 1. The summed E-state index contributed by atoms with van der Waals surface area (Å²) in [6.45, 7) is 0.261. The Morgan fingerprint density at radius 2 is 2.05 bits per heavy atom. The molecule has 0 spiro atoms. The lowest BCUT2D eigenvalue weighted by Crippen LogP contribution is -2.29. The van der Waals surface area contributed by atoms with E-state index in [9.17, 15) is 4.39 Å². The SMILES string of the molecule is COc1ccc(-c2nnc3n2CC(F)CC3N)cc1. The first kappa shape index (κ1) is 12.1. The lowest BCUT2D eigenvalue weighted by molar-refractivity contribution is 0.231. The maximum atomic E-state index is 13.6. The highest BCUT2D eigenvalue weighted by molar-refractivity contribution is 5.57. The molecule has 2 heterocycles. The Balaban J connectivity index is 2.01. The van der Waals surface area contributed by atoms with Crippen molar-refractivity contribution in [2.24, 2.45) is 5.73 Å². The minimum Gasteiger partial charge on any atom is -0.497 e. The molecule has 0 saturated carbocycles. The van der Waals surface area contributed by atoms with E-state index in [-0.39, 0.29) is 12.6 Å². The summed E-state index contributed by atoms with van der Waals surface area (Å²) < 4.78 is 20.5. The number of fused-ring (bicyclic) bond motifs is 1. The van der Waals surface area contributed by atoms with Crippen molar-refractivity contribution in [2.75, 3.05) is 7.11 Å². The molecule has 19 heavy (non-hydrogen) atoms. The van der Waals surface area contributed by atoms with Gasteiger partial charge in [-0.3, -0.25) is 0 Å². The highest BCUT2D eigenvalue weighted by Crippen LogP contribution is 2.29. The van der Waals surface area contributed by atoms with Crippen molar-refractivity contribution in [3.8, 4) is 17.1 Å². The lowest BCUT2D eigenvalue weighted by atomic mass is 10.1. The molecule has 2 aromatic rings. The Kier molecular flexibility index (Phi) is 2.94. The van der Waals surface area contributed by atoms with Gasteiger partial charge in [0.15, 0.2) is 5.82 Å². The van der Waals surface area contributed by atoms with E-state index in [0.29, 0.717) is 18.1 Å². The first-order valence-electron chi connectivity index (χ1n) is 6.16. The van der Waals surface area contributed by atoms with Crippen LogP contribution in [-0.4, -0.2) is 28.0 Å². The van der Waals surface area contributed by atoms with Crippen LogP contribution in [0, 0.1) is 0 Å². The van der Waals surface area contributed by atoms with Gasteiger partial charge in [0.2, 0.25) is 0 Å². The predicted molar refractivity (Wildman–Crippen MR) is 68.5 cm³/mol. The standard InChI is InChI=1S/C13H15FN4O/c1-19-10-4-2-8(3-5-10)12-16-17-13-11(15)6-9(14)7-18(12)13/h2-5,9,11H,6-7,15H2,1H3. The van der Waals surface area contributed by atoms with Gasteiger partial charge in [0.05, 0.1) is 19.7 Å². The molecule has 0 bridgehead atoms. The van der Waals surface area contributed by atoms with Crippen LogP contribution in [0.15, 0.2) is 24.3 Å².